The van der Waals surface area contributed by atoms with Gasteiger partial charge in [0.2, 0.25) is 0 Å². The van der Waals surface area contributed by atoms with E-state index >= 15 is 0 Å². The monoisotopic (exact) mass is 334 g/mol. The lowest BCUT2D eigenvalue weighted by Gasteiger charge is -2.09. The van der Waals surface area contributed by atoms with Crippen LogP contribution >= 0.6 is 0 Å². The molecule has 0 aliphatic rings. The number of amides is 1. The van der Waals surface area contributed by atoms with E-state index in [1.54, 1.807) is 42.5 Å². The minimum absolute atomic E-state index is 0.0697. The first-order valence-corrected chi connectivity index (χ1v) is 8.61. The van der Waals surface area contributed by atoms with Crippen molar-refractivity contribution in [3.8, 4) is 5.75 Å². The Morgan fingerprint density at radius 2 is 1.83 bits per heavy atom. The number of hydrogen-bond acceptors (Lipinski definition) is 4. The van der Waals surface area contributed by atoms with E-state index < -0.39 is 15.9 Å². The molecule has 1 amide bonds. The zero-order valence-corrected chi connectivity index (χ0v) is 13.5. The molecule has 0 aliphatic carbocycles. The molecule has 2 aromatic rings. The summed E-state index contributed by atoms with van der Waals surface area (Å²) in [7, 11) is -3.80. The summed E-state index contributed by atoms with van der Waals surface area (Å²) < 4.78 is 29.5. The molecule has 122 valence electrons. The fraction of sp³-hybridized carbons (Fsp3) is 0.188. The topological polar surface area (TPSA) is 84.5 Å². The third-order valence-corrected chi connectivity index (χ3v) is 4.19. The minimum atomic E-state index is -3.80. The Morgan fingerprint density at radius 3 is 2.52 bits per heavy atom. The van der Waals surface area contributed by atoms with Crippen LogP contribution in [0.25, 0.3) is 0 Å². The van der Waals surface area contributed by atoms with Crippen LogP contribution in [-0.2, 0) is 10.0 Å². The second kappa shape index (κ2) is 7.75. The van der Waals surface area contributed by atoms with Crippen molar-refractivity contribution in [2.24, 2.45) is 0 Å². The number of ether oxygens (including phenoxy) is 1. The lowest BCUT2D eigenvalue weighted by molar-refractivity contribution is 0.0944. The Labute approximate surface area is 135 Å². The second-order valence-electron chi connectivity index (χ2n) is 4.75. The average Bonchev–Trinajstić information content (AvgIpc) is 2.59. The fourth-order valence-corrected chi connectivity index (χ4v) is 2.65. The number of benzene rings is 2. The molecular weight excluding hydrogens is 316 g/mol. The summed E-state index contributed by atoms with van der Waals surface area (Å²) in [6.07, 6.45) is 0.854. The quantitative estimate of drug-likeness (QED) is 0.760. The summed E-state index contributed by atoms with van der Waals surface area (Å²) in [5.74, 6) is -0.00290. The van der Waals surface area contributed by atoms with Gasteiger partial charge >= 0.3 is 0 Å². The van der Waals surface area contributed by atoms with Gasteiger partial charge in [-0.05, 0) is 36.8 Å². The first-order valence-electron chi connectivity index (χ1n) is 7.13. The van der Waals surface area contributed by atoms with Gasteiger partial charge in [0, 0.05) is 5.56 Å². The molecule has 0 aromatic heterocycles. The molecule has 0 aliphatic heterocycles. The van der Waals surface area contributed by atoms with Crippen molar-refractivity contribution in [1.29, 1.82) is 0 Å². The van der Waals surface area contributed by atoms with Crippen LogP contribution in [0.3, 0.4) is 0 Å². The Bertz CT molecular complexity index is 761. The zero-order valence-electron chi connectivity index (χ0n) is 12.7. The standard InChI is InChI=1S/C16H18N2O4S/c1-2-11-22-14-8-6-7-13(12-14)16(19)17-18-23(20,21)15-9-4-3-5-10-15/h3-10,12,18H,2,11H2,1H3,(H,17,19). The van der Waals surface area contributed by atoms with Gasteiger partial charge < -0.3 is 4.74 Å². The van der Waals surface area contributed by atoms with Crippen molar-refractivity contribution in [2.75, 3.05) is 6.61 Å². The molecule has 0 saturated heterocycles. The Morgan fingerprint density at radius 1 is 1.09 bits per heavy atom. The molecule has 7 heteroatoms. The van der Waals surface area contributed by atoms with Crippen LogP contribution in [0.5, 0.6) is 5.75 Å². The van der Waals surface area contributed by atoms with Crippen molar-refractivity contribution in [1.82, 2.24) is 10.3 Å². The lowest BCUT2D eigenvalue weighted by Crippen LogP contribution is -2.41. The van der Waals surface area contributed by atoms with Crippen molar-refractivity contribution in [3.63, 3.8) is 0 Å². The molecule has 0 bridgehead atoms. The van der Waals surface area contributed by atoms with Crippen molar-refractivity contribution < 1.29 is 17.9 Å². The number of nitrogens with one attached hydrogen (secondary N) is 2. The highest BCUT2D eigenvalue weighted by Gasteiger charge is 2.15. The number of hydrazine groups is 1. The fourth-order valence-electron chi connectivity index (χ4n) is 1.79. The number of carbonyl (C=O) groups excluding carboxylic acids is 1. The maximum atomic E-state index is 12.1. The van der Waals surface area contributed by atoms with E-state index in [1.807, 2.05) is 6.92 Å². The predicted molar refractivity (Wildman–Crippen MR) is 86.5 cm³/mol. The number of hydrogen-bond donors (Lipinski definition) is 2. The van der Waals surface area contributed by atoms with E-state index in [0.717, 1.165) is 6.42 Å². The van der Waals surface area contributed by atoms with E-state index in [0.29, 0.717) is 17.9 Å². The first kappa shape index (κ1) is 17.0. The summed E-state index contributed by atoms with van der Waals surface area (Å²) in [5, 5.41) is 0. The molecule has 0 unspecified atom stereocenters. The predicted octanol–water partition coefficient (Wildman–Crippen LogP) is 2.10. The van der Waals surface area contributed by atoms with Gasteiger partial charge in [-0.1, -0.05) is 31.2 Å². The second-order valence-corrected chi connectivity index (χ2v) is 6.43. The SMILES string of the molecule is CCCOc1cccc(C(=O)NNS(=O)(=O)c2ccccc2)c1. The zero-order chi connectivity index (χ0) is 16.7. The molecule has 0 radical (unpaired) electrons. The highest BCUT2D eigenvalue weighted by atomic mass is 32.2. The van der Waals surface area contributed by atoms with Gasteiger partial charge in [-0.15, -0.1) is 4.83 Å². The highest BCUT2D eigenvalue weighted by molar-refractivity contribution is 7.89. The van der Waals surface area contributed by atoms with Crippen LogP contribution in [0.2, 0.25) is 0 Å². The first-order chi connectivity index (χ1) is 11.0. The van der Waals surface area contributed by atoms with E-state index in [9.17, 15) is 13.2 Å². The van der Waals surface area contributed by atoms with Crippen LogP contribution in [-0.4, -0.2) is 20.9 Å². The van der Waals surface area contributed by atoms with Gasteiger partial charge in [-0.25, -0.2) is 8.42 Å². The molecule has 6 nitrogen and oxygen atoms in total. The molecule has 2 rings (SSSR count). The molecule has 2 N–H and O–H groups in total. The number of rotatable bonds is 7. The average molecular weight is 334 g/mol. The van der Waals surface area contributed by atoms with Crippen molar-refractivity contribution in [2.45, 2.75) is 18.2 Å². The maximum absolute atomic E-state index is 12.1. The largest absolute Gasteiger partial charge is 0.494 e. The Hall–Kier alpha value is -2.38. The minimum Gasteiger partial charge on any atom is -0.494 e. The van der Waals surface area contributed by atoms with Gasteiger partial charge in [-0.3, -0.25) is 10.2 Å². The van der Waals surface area contributed by atoms with E-state index in [1.165, 1.54) is 12.1 Å². The van der Waals surface area contributed by atoms with Crippen molar-refractivity contribution >= 4 is 15.9 Å². The van der Waals surface area contributed by atoms with Gasteiger partial charge in [0.25, 0.3) is 15.9 Å². The summed E-state index contributed by atoms with van der Waals surface area (Å²) in [6, 6.07) is 14.3. The third-order valence-electron chi connectivity index (χ3n) is 2.92. The molecule has 0 atom stereocenters. The summed E-state index contributed by atoms with van der Waals surface area (Å²) in [5.41, 5.74) is 2.49. The van der Waals surface area contributed by atoms with E-state index in [2.05, 4.69) is 10.3 Å². The molecular formula is C16H18N2O4S. The maximum Gasteiger partial charge on any atom is 0.266 e. The van der Waals surface area contributed by atoms with Gasteiger partial charge in [0.05, 0.1) is 11.5 Å². The smallest absolute Gasteiger partial charge is 0.266 e. The third kappa shape index (κ3) is 4.80. The van der Waals surface area contributed by atoms with E-state index in [-0.39, 0.29) is 4.90 Å². The summed E-state index contributed by atoms with van der Waals surface area (Å²) >= 11 is 0. The Kier molecular flexibility index (Phi) is 5.72. The highest BCUT2D eigenvalue weighted by Crippen LogP contribution is 2.13. The molecule has 23 heavy (non-hydrogen) atoms. The van der Waals surface area contributed by atoms with Crippen LogP contribution in [0.4, 0.5) is 0 Å². The summed E-state index contributed by atoms with van der Waals surface area (Å²) in [6.45, 7) is 2.53. The van der Waals surface area contributed by atoms with Gasteiger partial charge in [0.15, 0.2) is 0 Å². The van der Waals surface area contributed by atoms with Crippen molar-refractivity contribution in [3.05, 3.63) is 60.2 Å². The van der Waals surface area contributed by atoms with Crippen LogP contribution < -0.4 is 15.0 Å². The molecule has 0 fully saturated rings. The lowest BCUT2D eigenvalue weighted by atomic mass is 10.2. The van der Waals surface area contributed by atoms with Crippen LogP contribution in [0.15, 0.2) is 59.5 Å². The molecule has 0 heterocycles. The number of carbonyl (C=O) groups is 1. The van der Waals surface area contributed by atoms with Gasteiger partial charge in [-0.2, -0.15) is 0 Å². The van der Waals surface area contributed by atoms with E-state index in [4.69, 9.17) is 4.74 Å². The Balaban J connectivity index is 2.02. The molecule has 2 aromatic carbocycles. The van der Waals surface area contributed by atoms with Crippen LogP contribution in [0, 0.1) is 0 Å². The number of sulfonamides is 1. The van der Waals surface area contributed by atoms with Crippen LogP contribution in [0.1, 0.15) is 23.7 Å². The molecule has 0 saturated carbocycles. The van der Waals surface area contributed by atoms with Gasteiger partial charge in [0.1, 0.15) is 5.75 Å². The normalized spacial score (nSPS) is 11.0. The summed E-state index contributed by atoms with van der Waals surface area (Å²) in [4.78, 5) is 14.2. The molecule has 0 spiro atoms.